The Hall–Kier alpha value is -3.90. The molecule has 2 heterocycles. The van der Waals surface area contributed by atoms with Crippen LogP contribution in [-0.4, -0.2) is 73.9 Å². The van der Waals surface area contributed by atoms with Crippen LogP contribution in [0.4, 0.5) is 15.8 Å². The number of nitrogens with one attached hydrogen (secondary N) is 2. The van der Waals surface area contributed by atoms with Crippen LogP contribution in [-0.2, 0) is 0 Å². The van der Waals surface area contributed by atoms with Crippen LogP contribution < -0.4 is 20.6 Å². The van der Waals surface area contributed by atoms with Crippen molar-refractivity contribution in [1.82, 2.24) is 19.9 Å². The molecule has 0 aliphatic rings. The zero-order chi connectivity index (χ0) is 28.6. The molecular formula is C28H30BBrFN7O2. The summed E-state index contributed by atoms with van der Waals surface area (Å²) in [6.45, 7) is 3.50. The van der Waals surface area contributed by atoms with Gasteiger partial charge in [-0.2, -0.15) is 0 Å². The van der Waals surface area contributed by atoms with E-state index in [1.807, 2.05) is 39.3 Å². The number of amides is 1. The summed E-state index contributed by atoms with van der Waals surface area (Å²) in [6, 6.07) is 13.3. The molecule has 0 aliphatic carbocycles. The molecule has 4 rings (SSSR count). The molecule has 2 aromatic heterocycles. The predicted molar refractivity (Wildman–Crippen MR) is 160 cm³/mol. The molecule has 0 fully saturated rings. The number of hydrogen-bond acceptors (Lipinski definition) is 7. The van der Waals surface area contributed by atoms with Gasteiger partial charge >= 0.3 is 174 Å². The second-order valence-electron chi connectivity index (χ2n) is 9.32. The molecule has 0 atom stereocenters. The van der Waals surface area contributed by atoms with Gasteiger partial charge in [-0.25, -0.2) is 0 Å². The maximum atomic E-state index is 14.9. The van der Waals surface area contributed by atoms with E-state index in [4.69, 9.17) is 4.74 Å². The average Bonchev–Trinajstić information content (AvgIpc) is 2.94. The number of aromatic amines is 1. The monoisotopic (exact) mass is 605 g/mol. The second kappa shape index (κ2) is 13.4. The third kappa shape index (κ3) is 7.39. The van der Waals surface area contributed by atoms with Crippen LogP contribution in [0.1, 0.15) is 16.8 Å². The van der Waals surface area contributed by atoms with E-state index in [9.17, 15) is 9.18 Å². The Morgan fingerprint density at radius 1 is 1.15 bits per heavy atom. The zero-order valence-corrected chi connectivity index (χ0v) is 24.4. The fourth-order valence-electron chi connectivity index (χ4n) is 4.05. The van der Waals surface area contributed by atoms with Crippen molar-refractivity contribution in [2.75, 3.05) is 51.5 Å². The summed E-state index contributed by atoms with van der Waals surface area (Å²) in [6.07, 6.45) is 4.16. The molecule has 0 spiro atoms. The Labute approximate surface area is 241 Å². The Kier molecular flexibility index (Phi) is 9.78. The van der Waals surface area contributed by atoms with Gasteiger partial charge in [-0.05, 0) is 33.1 Å². The van der Waals surface area contributed by atoms with Gasteiger partial charge < -0.3 is 4.90 Å². The van der Waals surface area contributed by atoms with E-state index in [1.165, 1.54) is 18.2 Å². The topological polar surface area (TPSA) is 98.7 Å². The Bertz CT molecular complexity index is 1560. The summed E-state index contributed by atoms with van der Waals surface area (Å²) in [5.74, 6) is -0.727. The number of anilines is 2. The molecule has 0 unspecified atom stereocenters. The number of aromatic nitrogens is 3. The number of benzene rings is 2. The second-order valence-corrected chi connectivity index (χ2v) is 10.2. The van der Waals surface area contributed by atoms with E-state index in [2.05, 4.69) is 51.0 Å². The number of carbonyl (C=O) groups is 1. The minimum atomic E-state index is -0.668. The van der Waals surface area contributed by atoms with E-state index >= 15 is 0 Å². The molecule has 0 bridgehead atoms. The molecule has 0 saturated carbocycles. The molecule has 206 valence electrons. The van der Waals surface area contributed by atoms with Crippen LogP contribution in [0, 0.1) is 5.82 Å². The summed E-state index contributed by atoms with van der Waals surface area (Å²) in [5, 5.41) is 2.87. The molecular weight excluding hydrogens is 576 g/mol. The Balaban J connectivity index is 1.58. The van der Waals surface area contributed by atoms with Gasteiger partial charge in [0.2, 0.25) is 0 Å². The van der Waals surface area contributed by atoms with Crippen molar-refractivity contribution in [3.63, 3.8) is 0 Å². The summed E-state index contributed by atoms with van der Waals surface area (Å²) in [4.78, 5) is 33.2. The number of ether oxygens (including phenoxy) is 1. The van der Waals surface area contributed by atoms with Gasteiger partial charge in [-0.3, -0.25) is 0 Å². The molecule has 0 radical (unpaired) electrons. The molecule has 40 heavy (non-hydrogen) atoms. The molecule has 0 saturated heterocycles. The van der Waals surface area contributed by atoms with Crippen LogP contribution in [0.15, 0.2) is 70.3 Å². The normalized spacial score (nSPS) is 11.4. The quantitative estimate of drug-likeness (QED) is 0.272. The van der Waals surface area contributed by atoms with Gasteiger partial charge in [0, 0.05) is 13.6 Å². The molecule has 1 amide bonds. The zero-order valence-electron chi connectivity index (χ0n) is 22.8. The molecule has 9 nitrogen and oxygen atoms in total. The first-order chi connectivity index (χ1) is 19.2. The summed E-state index contributed by atoms with van der Waals surface area (Å²) in [7, 11) is 7.66. The Morgan fingerprint density at radius 2 is 1.98 bits per heavy atom. The van der Waals surface area contributed by atoms with Crippen molar-refractivity contribution in [3.05, 3.63) is 82.3 Å². The van der Waals surface area contributed by atoms with Crippen molar-refractivity contribution in [1.29, 1.82) is 0 Å². The van der Waals surface area contributed by atoms with E-state index in [0.717, 1.165) is 29.7 Å². The summed E-state index contributed by atoms with van der Waals surface area (Å²) >= 11 is 3.47. The fraction of sp³-hybridized carbons (Fsp3) is 0.250. The number of halogens is 2. The van der Waals surface area contributed by atoms with Gasteiger partial charge in [0.1, 0.15) is 0 Å². The minimum absolute atomic E-state index is 0.154. The number of rotatable bonds is 10. The van der Waals surface area contributed by atoms with Crippen LogP contribution in [0.25, 0.3) is 11.2 Å². The van der Waals surface area contributed by atoms with Crippen molar-refractivity contribution in [3.8, 4) is 22.8 Å². The van der Waals surface area contributed by atoms with Crippen LogP contribution in [0.5, 0.6) is 11.6 Å². The third-order valence-electron chi connectivity index (χ3n) is 6.07. The van der Waals surface area contributed by atoms with Crippen LogP contribution in [0.2, 0.25) is 0 Å². The number of nitrogens with zero attached hydrogens (tertiary/aromatic N) is 5. The summed E-state index contributed by atoms with van der Waals surface area (Å²) < 4.78 is 21.7. The molecule has 0 aliphatic heterocycles. The SMILES string of the molecule is CN=c1ncbc(-c2cccnc2Oc2ccc(F)c(C(=O)Nc3cc(Br)ccc3N(C)CCCN(C)C)c2)[nH]1. The number of hydrogen-bond donors (Lipinski definition) is 2. The summed E-state index contributed by atoms with van der Waals surface area (Å²) in [5.41, 5.74) is 3.03. The van der Waals surface area contributed by atoms with Crippen molar-refractivity contribution >= 4 is 40.1 Å². The van der Waals surface area contributed by atoms with E-state index in [1.54, 1.807) is 38.4 Å². The first kappa shape index (κ1) is 29.1. The van der Waals surface area contributed by atoms with E-state index < -0.39 is 11.7 Å². The van der Waals surface area contributed by atoms with Gasteiger partial charge in [-0.1, -0.05) is 15.9 Å². The standard InChI is InChI=1S/C28H30BBrFN7O2/c1-32-28-34-17-29-25(36-28)20-7-5-12-33-27(20)40-19-9-10-22(31)21(16-19)26(39)35-23-15-18(30)8-11-24(23)38(4)14-6-13-37(2)3/h5,7-12,15-17H,6,13-14H2,1-4H3,(H,35,39)(H,32,34,36). The Morgan fingerprint density at radius 3 is 2.75 bits per heavy atom. The van der Waals surface area contributed by atoms with Gasteiger partial charge in [0.25, 0.3) is 0 Å². The number of H-pyrrole nitrogens is 1. The molecule has 2 aromatic carbocycles. The predicted octanol–water partition coefficient (Wildman–Crippen LogP) is 4.67. The van der Waals surface area contributed by atoms with Crippen LogP contribution in [0.3, 0.4) is 0 Å². The maximum absolute atomic E-state index is 14.9. The van der Waals surface area contributed by atoms with Crippen molar-refractivity contribution in [2.24, 2.45) is 4.99 Å². The average molecular weight is 606 g/mol. The van der Waals surface area contributed by atoms with Crippen molar-refractivity contribution < 1.29 is 13.9 Å². The fourth-order valence-corrected chi connectivity index (χ4v) is 4.41. The van der Waals surface area contributed by atoms with E-state index in [0.29, 0.717) is 22.5 Å². The molecule has 4 aromatic rings. The van der Waals surface area contributed by atoms with Crippen molar-refractivity contribution in [2.45, 2.75) is 6.42 Å². The van der Waals surface area contributed by atoms with Crippen LogP contribution >= 0.6 is 15.9 Å². The first-order valence-corrected chi connectivity index (χ1v) is 13.4. The van der Waals surface area contributed by atoms with Gasteiger partial charge in [0.05, 0.1) is 0 Å². The molecule has 2 N–H and O–H groups in total. The number of pyridine rings is 1. The first-order valence-electron chi connectivity index (χ1n) is 12.6. The third-order valence-corrected chi connectivity index (χ3v) is 6.56. The van der Waals surface area contributed by atoms with Gasteiger partial charge in [-0.15, -0.1) is 0 Å². The number of carbonyl (C=O) groups excluding carboxylic acids is 1. The molecule has 12 heteroatoms. The van der Waals surface area contributed by atoms with Gasteiger partial charge in [0.15, 0.2) is 0 Å². The van der Waals surface area contributed by atoms with E-state index in [-0.39, 0.29) is 17.2 Å².